The molecule has 108 valence electrons. The zero-order valence-electron chi connectivity index (χ0n) is 11.4. The summed E-state index contributed by atoms with van der Waals surface area (Å²) in [6, 6.07) is -0.430. The van der Waals surface area contributed by atoms with Crippen molar-refractivity contribution in [2.24, 2.45) is 5.84 Å². The van der Waals surface area contributed by atoms with Crippen molar-refractivity contribution < 1.29 is 4.79 Å². The number of hydrazine groups is 1. The number of rotatable bonds is 6. The number of amides is 1. The standard InChI is InChI=1S/C11H18N8O/c1-3-4-13-10(20)6(2)15-8-7-5-14-19-9(7)17-11(16-8)18-12/h5-6H,3-4,12H2,1-2H3,(H,13,20)(H3,14,15,16,17,18,19). The maximum Gasteiger partial charge on any atom is 0.242 e. The summed E-state index contributed by atoms with van der Waals surface area (Å²) in [7, 11) is 0. The zero-order valence-corrected chi connectivity index (χ0v) is 11.4. The van der Waals surface area contributed by atoms with Crippen LogP contribution in [-0.4, -0.2) is 38.7 Å². The molecule has 1 unspecified atom stereocenters. The van der Waals surface area contributed by atoms with E-state index in [1.807, 2.05) is 6.92 Å². The van der Waals surface area contributed by atoms with E-state index in [0.29, 0.717) is 23.4 Å². The monoisotopic (exact) mass is 278 g/mol. The minimum Gasteiger partial charge on any atom is -0.358 e. The molecule has 20 heavy (non-hydrogen) atoms. The number of nitrogens with one attached hydrogen (secondary N) is 4. The van der Waals surface area contributed by atoms with Gasteiger partial charge in [-0.25, -0.2) is 5.84 Å². The highest BCUT2D eigenvalue weighted by Gasteiger charge is 2.16. The number of nitrogen functional groups attached to an aromatic ring is 1. The van der Waals surface area contributed by atoms with Crippen molar-refractivity contribution in [3.05, 3.63) is 6.20 Å². The molecule has 1 amide bonds. The van der Waals surface area contributed by atoms with E-state index in [9.17, 15) is 4.79 Å². The summed E-state index contributed by atoms with van der Waals surface area (Å²) < 4.78 is 0. The summed E-state index contributed by atoms with van der Waals surface area (Å²) in [5.74, 6) is 5.96. The number of hydrogen-bond donors (Lipinski definition) is 5. The largest absolute Gasteiger partial charge is 0.358 e. The van der Waals surface area contributed by atoms with Crippen LogP contribution in [0.15, 0.2) is 6.20 Å². The minimum atomic E-state index is -0.430. The predicted octanol–water partition coefficient (Wildman–Crippen LogP) is -0.0349. The summed E-state index contributed by atoms with van der Waals surface area (Å²) in [6.07, 6.45) is 2.48. The molecule has 0 fully saturated rings. The molecule has 0 aliphatic rings. The smallest absolute Gasteiger partial charge is 0.242 e. The molecule has 0 aromatic carbocycles. The van der Waals surface area contributed by atoms with Crippen LogP contribution in [0.5, 0.6) is 0 Å². The Morgan fingerprint density at radius 3 is 3.00 bits per heavy atom. The van der Waals surface area contributed by atoms with Crippen molar-refractivity contribution in [2.45, 2.75) is 26.3 Å². The first-order valence-corrected chi connectivity index (χ1v) is 6.37. The van der Waals surface area contributed by atoms with Crippen molar-refractivity contribution in [1.29, 1.82) is 0 Å². The van der Waals surface area contributed by atoms with Crippen LogP contribution in [0.25, 0.3) is 11.0 Å². The highest BCUT2D eigenvalue weighted by atomic mass is 16.2. The lowest BCUT2D eigenvalue weighted by molar-refractivity contribution is -0.121. The zero-order chi connectivity index (χ0) is 14.5. The molecule has 6 N–H and O–H groups in total. The fourth-order valence-electron chi connectivity index (χ4n) is 1.68. The van der Waals surface area contributed by atoms with Gasteiger partial charge in [0.25, 0.3) is 0 Å². The Kier molecular flexibility index (Phi) is 4.31. The molecule has 2 aromatic heterocycles. The lowest BCUT2D eigenvalue weighted by atomic mass is 10.3. The molecule has 9 nitrogen and oxygen atoms in total. The summed E-state index contributed by atoms with van der Waals surface area (Å²) in [4.78, 5) is 20.2. The molecule has 0 aliphatic carbocycles. The molecule has 2 heterocycles. The van der Waals surface area contributed by atoms with Gasteiger partial charge in [0.05, 0.1) is 11.6 Å². The second kappa shape index (κ2) is 6.15. The number of aromatic amines is 1. The fourth-order valence-corrected chi connectivity index (χ4v) is 1.68. The van der Waals surface area contributed by atoms with Crippen LogP contribution in [0, 0.1) is 0 Å². The molecule has 1 atom stereocenters. The number of nitrogens with two attached hydrogens (primary N) is 1. The Labute approximate surface area is 115 Å². The Hall–Kier alpha value is -2.42. The van der Waals surface area contributed by atoms with E-state index in [1.165, 1.54) is 0 Å². The first-order chi connectivity index (χ1) is 9.65. The Bertz CT molecular complexity index is 595. The average Bonchev–Trinajstić information content (AvgIpc) is 2.92. The quantitative estimate of drug-likeness (QED) is 0.370. The minimum absolute atomic E-state index is 0.0932. The molecule has 0 spiro atoms. The lowest BCUT2D eigenvalue weighted by Gasteiger charge is -2.15. The highest BCUT2D eigenvalue weighted by Crippen LogP contribution is 2.20. The van der Waals surface area contributed by atoms with Crippen molar-refractivity contribution in [3.63, 3.8) is 0 Å². The van der Waals surface area contributed by atoms with Crippen molar-refractivity contribution in [3.8, 4) is 0 Å². The normalized spacial score (nSPS) is 12.2. The second-order valence-electron chi connectivity index (χ2n) is 4.33. The SMILES string of the molecule is CCCNC(=O)C(C)Nc1nc(NN)nc2[nH]ncc12. The fraction of sp³-hybridized carbons (Fsp3) is 0.455. The van der Waals surface area contributed by atoms with Gasteiger partial charge in [-0.3, -0.25) is 15.3 Å². The third-order valence-electron chi connectivity index (χ3n) is 2.73. The molecule has 0 bridgehead atoms. The van der Waals surface area contributed by atoms with Gasteiger partial charge < -0.3 is 10.6 Å². The van der Waals surface area contributed by atoms with Crippen molar-refractivity contribution in [2.75, 3.05) is 17.3 Å². The third kappa shape index (κ3) is 2.94. The molecule has 0 radical (unpaired) electrons. The van der Waals surface area contributed by atoms with Crippen molar-refractivity contribution in [1.82, 2.24) is 25.5 Å². The first kappa shape index (κ1) is 14.0. The summed E-state index contributed by atoms with van der Waals surface area (Å²) in [5.41, 5.74) is 2.91. The number of carbonyl (C=O) groups excluding carboxylic acids is 1. The molecule has 0 saturated carbocycles. The molecule has 0 saturated heterocycles. The van der Waals surface area contributed by atoms with E-state index in [-0.39, 0.29) is 11.9 Å². The molecular weight excluding hydrogens is 260 g/mol. The molecule has 9 heteroatoms. The number of aromatic nitrogens is 4. The van der Waals surface area contributed by atoms with E-state index in [2.05, 4.69) is 36.2 Å². The van der Waals surface area contributed by atoms with Gasteiger partial charge in [-0.1, -0.05) is 6.92 Å². The maximum atomic E-state index is 11.9. The number of nitrogens with zero attached hydrogens (tertiary/aromatic N) is 3. The van der Waals surface area contributed by atoms with E-state index in [1.54, 1.807) is 13.1 Å². The molecular formula is C11H18N8O. The van der Waals surface area contributed by atoms with E-state index < -0.39 is 6.04 Å². The third-order valence-corrected chi connectivity index (χ3v) is 2.73. The summed E-state index contributed by atoms with van der Waals surface area (Å²) in [6.45, 7) is 4.40. The van der Waals surface area contributed by atoms with Gasteiger partial charge in [-0.2, -0.15) is 15.1 Å². The lowest BCUT2D eigenvalue weighted by Crippen LogP contribution is -2.38. The van der Waals surface area contributed by atoms with E-state index >= 15 is 0 Å². The first-order valence-electron chi connectivity index (χ1n) is 6.37. The van der Waals surface area contributed by atoms with Gasteiger partial charge in [0.1, 0.15) is 11.9 Å². The van der Waals surface area contributed by atoms with E-state index in [4.69, 9.17) is 5.84 Å². The van der Waals surface area contributed by atoms with E-state index in [0.717, 1.165) is 6.42 Å². The molecule has 2 rings (SSSR count). The summed E-state index contributed by atoms with van der Waals surface area (Å²) >= 11 is 0. The van der Waals surface area contributed by atoms with Crippen LogP contribution in [0.4, 0.5) is 11.8 Å². The van der Waals surface area contributed by atoms with Crippen LogP contribution >= 0.6 is 0 Å². The van der Waals surface area contributed by atoms with Crippen molar-refractivity contribution >= 4 is 28.7 Å². The predicted molar refractivity (Wildman–Crippen MR) is 75.9 cm³/mol. The van der Waals surface area contributed by atoms with Gasteiger partial charge >= 0.3 is 0 Å². The van der Waals surface area contributed by atoms with Crippen LogP contribution in [-0.2, 0) is 4.79 Å². The van der Waals surface area contributed by atoms with Crippen LogP contribution in [0.1, 0.15) is 20.3 Å². The van der Waals surface area contributed by atoms with Crippen LogP contribution in [0.3, 0.4) is 0 Å². The number of hydrogen-bond acceptors (Lipinski definition) is 7. The van der Waals surface area contributed by atoms with Crippen LogP contribution in [0.2, 0.25) is 0 Å². The van der Waals surface area contributed by atoms with Gasteiger partial charge in [-0.05, 0) is 13.3 Å². The van der Waals surface area contributed by atoms with Crippen LogP contribution < -0.4 is 21.9 Å². The second-order valence-corrected chi connectivity index (χ2v) is 4.33. The Balaban J connectivity index is 2.19. The van der Waals surface area contributed by atoms with Gasteiger partial charge in [0.15, 0.2) is 5.65 Å². The number of fused-ring (bicyclic) bond motifs is 1. The maximum absolute atomic E-state index is 11.9. The van der Waals surface area contributed by atoms with Gasteiger partial charge in [0.2, 0.25) is 11.9 Å². The highest BCUT2D eigenvalue weighted by molar-refractivity contribution is 5.90. The summed E-state index contributed by atoms with van der Waals surface area (Å²) in [5, 5.41) is 13.2. The average molecular weight is 278 g/mol. The number of carbonyl (C=O) groups is 1. The molecule has 0 aliphatic heterocycles. The van der Waals surface area contributed by atoms with Gasteiger partial charge in [0, 0.05) is 6.54 Å². The molecule has 2 aromatic rings. The Morgan fingerprint density at radius 2 is 2.30 bits per heavy atom. The number of anilines is 2. The Morgan fingerprint density at radius 1 is 1.50 bits per heavy atom. The topological polar surface area (TPSA) is 134 Å². The van der Waals surface area contributed by atoms with Gasteiger partial charge in [-0.15, -0.1) is 0 Å². The number of H-pyrrole nitrogens is 1.